The van der Waals surface area contributed by atoms with Crippen molar-refractivity contribution >= 4 is 16.9 Å². The van der Waals surface area contributed by atoms with Gasteiger partial charge >= 0.3 is 0 Å². The maximum absolute atomic E-state index is 11.4. The summed E-state index contributed by atoms with van der Waals surface area (Å²) in [5, 5.41) is 0.962. The molecule has 0 aliphatic heterocycles. The highest BCUT2D eigenvalue weighted by Crippen LogP contribution is 2.29. The molecule has 16 heavy (non-hydrogen) atoms. The number of aromatic nitrogens is 2. The third-order valence-corrected chi connectivity index (χ3v) is 2.96. The van der Waals surface area contributed by atoms with Crippen molar-refractivity contribution in [3.05, 3.63) is 29.6 Å². The molecule has 0 atom stereocenters. The van der Waals surface area contributed by atoms with Gasteiger partial charge in [0, 0.05) is 17.8 Å². The maximum atomic E-state index is 11.4. The number of amides is 1. The third-order valence-electron chi connectivity index (χ3n) is 2.96. The zero-order chi connectivity index (χ0) is 11.9. The molecule has 0 radical (unpaired) electrons. The minimum Gasteiger partial charge on any atom is -0.369 e. The van der Waals surface area contributed by atoms with Gasteiger partial charge in [0.2, 0.25) is 5.91 Å². The Labute approximate surface area is 93.9 Å². The Balaban J connectivity index is 2.70. The van der Waals surface area contributed by atoms with E-state index in [-0.39, 0.29) is 5.91 Å². The van der Waals surface area contributed by atoms with Gasteiger partial charge in [0.25, 0.3) is 0 Å². The molecule has 4 nitrogen and oxygen atoms in total. The monoisotopic (exact) mass is 217 g/mol. The van der Waals surface area contributed by atoms with E-state index in [4.69, 9.17) is 5.73 Å². The van der Waals surface area contributed by atoms with Crippen molar-refractivity contribution in [1.82, 2.24) is 9.97 Å². The molecule has 0 spiro atoms. The minimum atomic E-state index is -0.687. The molecule has 1 amide bonds. The first-order chi connectivity index (χ1) is 7.43. The van der Waals surface area contributed by atoms with E-state index < -0.39 is 5.41 Å². The third kappa shape index (κ3) is 1.46. The van der Waals surface area contributed by atoms with Crippen LogP contribution in [0.15, 0.2) is 18.5 Å². The van der Waals surface area contributed by atoms with Gasteiger partial charge in [0.1, 0.15) is 5.65 Å². The minimum absolute atomic E-state index is 0.338. The van der Waals surface area contributed by atoms with Crippen LogP contribution >= 0.6 is 0 Å². The fraction of sp³-hybridized carbons (Fsp3) is 0.333. The van der Waals surface area contributed by atoms with Crippen molar-refractivity contribution in [2.24, 2.45) is 5.73 Å². The molecule has 2 aromatic rings. The zero-order valence-corrected chi connectivity index (χ0v) is 9.66. The number of pyridine rings is 1. The first-order valence-corrected chi connectivity index (χ1v) is 5.17. The summed E-state index contributed by atoms with van der Waals surface area (Å²) < 4.78 is 0. The second-order valence-corrected chi connectivity index (χ2v) is 4.60. The van der Waals surface area contributed by atoms with Crippen molar-refractivity contribution < 1.29 is 4.79 Å². The predicted octanol–water partition coefficient (Wildman–Crippen LogP) is 1.63. The van der Waals surface area contributed by atoms with E-state index in [0.717, 1.165) is 22.2 Å². The van der Waals surface area contributed by atoms with Crippen LogP contribution in [0, 0.1) is 6.92 Å². The Hall–Kier alpha value is -1.84. The molecule has 0 saturated heterocycles. The average Bonchev–Trinajstić information content (AvgIpc) is 2.60. The number of carbonyl (C=O) groups is 1. The Morgan fingerprint density at radius 2 is 2.19 bits per heavy atom. The normalized spacial score (nSPS) is 11.9. The Morgan fingerprint density at radius 3 is 2.81 bits per heavy atom. The number of nitrogens with two attached hydrogens (primary N) is 1. The second-order valence-electron chi connectivity index (χ2n) is 4.60. The largest absolute Gasteiger partial charge is 0.369 e. The molecule has 0 aliphatic carbocycles. The number of nitrogens with zero attached hydrogens (tertiary/aromatic N) is 1. The molecule has 2 heterocycles. The van der Waals surface area contributed by atoms with Crippen LogP contribution in [0.1, 0.15) is 25.0 Å². The van der Waals surface area contributed by atoms with E-state index in [1.165, 1.54) is 0 Å². The van der Waals surface area contributed by atoms with E-state index >= 15 is 0 Å². The number of carbonyl (C=O) groups excluding carboxylic acids is 1. The smallest absolute Gasteiger partial charge is 0.227 e. The molecule has 4 heteroatoms. The van der Waals surface area contributed by atoms with Gasteiger partial charge in [-0.3, -0.25) is 4.79 Å². The maximum Gasteiger partial charge on any atom is 0.227 e. The number of H-pyrrole nitrogens is 1. The molecular formula is C12H15N3O. The van der Waals surface area contributed by atoms with Gasteiger partial charge in [-0.05, 0) is 38.0 Å². The summed E-state index contributed by atoms with van der Waals surface area (Å²) in [5.41, 5.74) is 7.48. The van der Waals surface area contributed by atoms with Gasteiger partial charge in [0.15, 0.2) is 0 Å². The zero-order valence-electron chi connectivity index (χ0n) is 9.66. The molecule has 0 unspecified atom stereocenters. The van der Waals surface area contributed by atoms with Crippen molar-refractivity contribution in [3.63, 3.8) is 0 Å². The SMILES string of the molecule is Cc1cnc2[nH]cc(C(C)(C)C(N)=O)c2c1. The number of primary amides is 1. The topological polar surface area (TPSA) is 71.8 Å². The number of hydrogen-bond acceptors (Lipinski definition) is 2. The summed E-state index contributed by atoms with van der Waals surface area (Å²) in [5.74, 6) is -0.338. The summed E-state index contributed by atoms with van der Waals surface area (Å²) in [7, 11) is 0. The summed E-state index contributed by atoms with van der Waals surface area (Å²) >= 11 is 0. The lowest BCUT2D eigenvalue weighted by molar-refractivity contribution is -0.122. The van der Waals surface area contributed by atoms with E-state index in [0.29, 0.717) is 0 Å². The summed E-state index contributed by atoms with van der Waals surface area (Å²) in [6, 6.07) is 2.01. The van der Waals surface area contributed by atoms with Gasteiger partial charge in [-0.15, -0.1) is 0 Å². The molecule has 84 valence electrons. The number of fused-ring (bicyclic) bond motifs is 1. The number of aryl methyl sites for hydroxylation is 1. The van der Waals surface area contributed by atoms with E-state index in [1.54, 1.807) is 6.20 Å². The number of hydrogen-bond donors (Lipinski definition) is 2. The first-order valence-electron chi connectivity index (χ1n) is 5.17. The molecule has 3 N–H and O–H groups in total. The van der Waals surface area contributed by atoms with Crippen molar-refractivity contribution in [2.45, 2.75) is 26.2 Å². The van der Waals surface area contributed by atoms with Crippen LogP contribution in [0.25, 0.3) is 11.0 Å². The first kappa shape index (κ1) is 10.7. The van der Waals surface area contributed by atoms with Crippen LogP contribution in [0.2, 0.25) is 0 Å². The standard InChI is InChI=1S/C12H15N3O/c1-7-4-8-9(12(2,3)11(13)16)6-15-10(8)14-5-7/h4-6H,1-3H3,(H2,13,16)(H,14,15). The van der Waals surface area contributed by atoms with Gasteiger partial charge in [-0.1, -0.05) is 0 Å². The van der Waals surface area contributed by atoms with Crippen LogP contribution < -0.4 is 5.73 Å². The highest BCUT2D eigenvalue weighted by Gasteiger charge is 2.30. The number of rotatable bonds is 2. The van der Waals surface area contributed by atoms with Crippen LogP contribution in [0.4, 0.5) is 0 Å². The summed E-state index contributed by atoms with van der Waals surface area (Å²) in [6.45, 7) is 5.61. The molecule has 0 fully saturated rings. The molecule has 2 aromatic heterocycles. The Bertz CT molecular complexity index is 554. The molecule has 0 saturated carbocycles. The van der Waals surface area contributed by atoms with Crippen LogP contribution in [0.3, 0.4) is 0 Å². The lowest BCUT2D eigenvalue weighted by atomic mass is 9.84. The predicted molar refractivity (Wildman–Crippen MR) is 63.1 cm³/mol. The van der Waals surface area contributed by atoms with Gasteiger partial charge in [0.05, 0.1) is 5.41 Å². The number of nitrogens with one attached hydrogen (secondary N) is 1. The lowest BCUT2D eigenvalue weighted by Gasteiger charge is -2.19. The quantitative estimate of drug-likeness (QED) is 0.802. The van der Waals surface area contributed by atoms with Crippen LogP contribution in [-0.2, 0) is 10.2 Å². The van der Waals surface area contributed by atoms with Gasteiger partial charge < -0.3 is 10.7 Å². The summed E-state index contributed by atoms with van der Waals surface area (Å²) in [6.07, 6.45) is 3.60. The highest BCUT2D eigenvalue weighted by molar-refractivity contribution is 5.92. The molecule has 0 bridgehead atoms. The van der Waals surface area contributed by atoms with Crippen LogP contribution in [-0.4, -0.2) is 15.9 Å². The Kier molecular flexibility index (Phi) is 2.22. The molecule has 2 rings (SSSR count). The molecular weight excluding hydrogens is 202 g/mol. The van der Waals surface area contributed by atoms with Gasteiger partial charge in [-0.25, -0.2) is 4.98 Å². The van der Waals surface area contributed by atoms with E-state index in [9.17, 15) is 4.79 Å². The average molecular weight is 217 g/mol. The van der Waals surface area contributed by atoms with E-state index in [1.807, 2.05) is 33.0 Å². The molecule has 0 aromatic carbocycles. The molecule has 0 aliphatic rings. The van der Waals surface area contributed by atoms with Crippen molar-refractivity contribution in [3.8, 4) is 0 Å². The second kappa shape index (κ2) is 3.33. The van der Waals surface area contributed by atoms with Crippen molar-refractivity contribution in [2.75, 3.05) is 0 Å². The van der Waals surface area contributed by atoms with Gasteiger partial charge in [-0.2, -0.15) is 0 Å². The Morgan fingerprint density at radius 1 is 1.50 bits per heavy atom. The fourth-order valence-electron chi connectivity index (χ4n) is 1.76. The van der Waals surface area contributed by atoms with Crippen LogP contribution in [0.5, 0.6) is 0 Å². The fourth-order valence-corrected chi connectivity index (χ4v) is 1.76. The van der Waals surface area contributed by atoms with Crippen molar-refractivity contribution in [1.29, 1.82) is 0 Å². The highest BCUT2D eigenvalue weighted by atomic mass is 16.1. The van der Waals surface area contributed by atoms with E-state index in [2.05, 4.69) is 9.97 Å². The lowest BCUT2D eigenvalue weighted by Crippen LogP contribution is -2.35. The number of aromatic amines is 1. The summed E-state index contributed by atoms with van der Waals surface area (Å²) in [4.78, 5) is 18.8.